The van der Waals surface area contributed by atoms with Crippen molar-refractivity contribution in [3.05, 3.63) is 59.7 Å². The fourth-order valence-corrected chi connectivity index (χ4v) is 16.0. The van der Waals surface area contributed by atoms with Gasteiger partial charge in [0.2, 0.25) is 0 Å². The van der Waals surface area contributed by atoms with Crippen LogP contribution in [-0.4, -0.2) is 12.6 Å². The Bertz CT molecular complexity index is 852. The minimum atomic E-state index is -1.83. The van der Waals surface area contributed by atoms with E-state index in [4.69, 9.17) is 0 Å². The smallest absolute Gasteiger partial charge is 1.00 e. The van der Waals surface area contributed by atoms with Crippen molar-refractivity contribution in [2.75, 3.05) is 0 Å². The van der Waals surface area contributed by atoms with Crippen molar-refractivity contribution in [2.24, 2.45) is 5.92 Å². The zero-order chi connectivity index (χ0) is 22.3. The summed E-state index contributed by atoms with van der Waals surface area (Å²) in [5, 5.41) is 0. The van der Waals surface area contributed by atoms with Gasteiger partial charge < -0.3 is 24.8 Å². The van der Waals surface area contributed by atoms with E-state index in [1.54, 1.807) is 0 Å². The number of halogens is 2. The van der Waals surface area contributed by atoms with Crippen LogP contribution in [0.1, 0.15) is 86.0 Å². The van der Waals surface area contributed by atoms with Crippen molar-refractivity contribution in [3.8, 4) is 11.1 Å². The molecule has 2 aromatic rings. The van der Waals surface area contributed by atoms with Gasteiger partial charge in [0.25, 0.3) is 0 Å². The number of fused-ring (bicyclic) bond motifs is 3. The molecule has 2 nitrogen and oxygen atoms in total. The molecule has 2 aromatic carbocycles. The molecule has 0 unspecified atom stereocenters. The molecule has 185 valence electrons. The van der Waals surface area contributed by atoms with Gasteiger partial charge in [0.05, 0.1) is 0 Å². The zero-order valence-corrected chi connectivity index (χ0v) is 25.0. The average Bonchev–Trinajstić information content (AvgIpc) is 3.12. The number of hydrogen-bond donors (Lipinski definition) is 1. The first kappa shape index (κ1) is 29.7. The third kappa shape index (κ3) is 7.23. The predicted octanol–water partition coefficient (Wildman–Crippen LogP) is 1.32. The number of rotatable bonds is 4. The van der Waals surface area contributed by atoms with Crippen molar-refractivity contribution < 1.29 is 47.0 Å². The second-order valence-electron chi connectivity index (χ2n) is 10.2. The summed E-state index contributed by atoms with van der Waals surface area (Å²) in [6.07, 6.45) is 14.1. The molecule has 34 heavy (non-hydrogen) atoms. The maximum Gasteiger partial charge on any atom is -1.00 e. The van der Waals surface area contributed by atoms with Crippen LogP contribution in [0.15, 0.2) is 48.5 Å². The Balaban J connectivity index is 0.00000204. The zero-order valence-electron chi connectivity index (χ0n) is 20.8. The predicted molar refractivity (Wildman–Crippen MR) is 135 cm³/mol. The van der Waals surface area contributed by atoms with Gasteiger partial charge in [-0.25, -0.2) is 0 Å². The van der Waals surface area contributed by atoms with Gasteiger partial charge in [-0.15, -0.1) is 0 Å². The fourth-order valence-electron chi connectivity index (χ4n) is 5.71. The molecule has 0 aromatic heterocycles. The Kier molecular flexibility index (Phi) is 13.0. The van der Waals surface area contributed by atoms with Crippen LogP contribution in [0.4, 0.5) is 0 Å². The number of nitrogens with one attached hydrogen (secondary N) is 1. The maximum atomic E-state index is 13.7. The summed E-state index contributed by atoms with van der Waals surface area (Å²) < 4.78 is 4.27. The second kappa shape index (κ2) is 14.9. The number of benzene rings is 2. The van der Waals surface area contributed by atoms with Crippen molar-refractivity contribution in [2.45, 2.75) is 87.9 Å². The number of carbonyl (C=O) groups is 1. The Morgan fingerprint density at radius 3 is 1.59 bits per heavy atom. The van der Waals surface area contributed by atoms with Crippen LogP contribution < -0.4 is 28.6 Å². The van der Waals surface area contributed by atoms with E-state index < -0.39 is 24.0 Å². The molecule has 1 fully saturated rings. The molecule has 0 bridgehead atoms. The van der Waals surface area contributed by atoms with Gasteiger partial charge in [-0.2, -0.15) is 0 Å². The van der Waals surface area contributed by atoms with Gasteiger partial charge in [-0.3, -0.25) is 0 Å². The van der Waals surface area contributed by atoms with Gasteiger partial charge in [0, 0.05) is 0 Å². The van der Waals surface area contributed by atoms with Crippen molar-refractivity contribution >= 4 is 12.6 Å². The first-order valence-electron chi connectivity index (χ1n) is 13.0. The van der Waals surface area contributed by atoms with Crippen LogP contribution in [0.25, 0.3) is 11.1 Å². The number of carbonyl (C=O) groups excluding carboxylic acids is 1. The topological polar surface area (TPSA) is 29.1 Å². The largest absolute Gasteiger partial charge is 1.00 e. The standard InChI is InChI=1S/C13H25NO.C13H9.C2H7Si.2ClH.Ti/c14-13(15)12-10-8-6-4-2-1-3-5-7-9-11-12;1-3-7-12-10(5-1)9-11-6-2-4-8-13(11)12;1-3-2;;;/h12H,1-11H2,(H2,14,15);1-9H;3H,1-2H3;2*1H;/q;;;;;+3/p-3. The second-order valence-corrected chi connectivity index (χ2v) is 23.2. The molecule has 1 N–H and O–H groups in total. The summed E-state index contributed by atoms with van der Waals surface area (Å²) in [7, 11) is 0. The normalized spacial score (nSPS) is 17.3. The summed E-state index contributed by atoms with van der Waals surface area (Å²) in [6.45, 7) is 3.96. The molecule has 1 saturated carbocycles. The molecule has 6 heteroatoms. The van der Waals surface area contributed by atoms with E-state index in [-0.39, 0.29) is 30.7 Å². The molecule has 2 aliphatic carbocycles. The van der Waals surface area contributed by atoms with E-state index >= 15 is 0 Å². The quantitative estimate of drug-likeness (QED) is 0.569. The van der Waals surface area contributed by atoms with Crippen LogP contribution >= 0.6 is 0 Å². The first-order chi connectivity index (χ1) is 15.7. The SMILES string of the molecule is C[SiH](C)[Ti+2]([NH]C(=O)C1CCCCCCCCCCC1)[CH]1c2ccccc2-c2ccccc21.[Cl-].[Cl-]. The minimum absolute atomic E-state index is 0. The number of amides is 1. The molecule has 0 saturated heterocycles. The van der Waals surface area contributed by atoms with Crippen LogP contribution in [0.5, 0.6) is 0 Å². The van der Waals surface area contributed by atoms with E-state index in [2.05, 4.69) is 65.4 Å². The molecule has 0 heterocycles. The van der Waals surface area contributed by atoms with E-state index in [0.29, 0.717) is 10.1 Å². The van der Waals surface area contributed by atoms with E-state index in [9.17, 15) is 4.79 Å². The Morgan fingerprint density at radius 2 is 1.15 bits per heavy atom. The van der Waals surface area contributed by atoms with Crippen LogP contribution in [0, 0.1) is 5.92 Å². The van der Waals surface area contributed by atoms with E-state index in [0.717, 1.165) is 12.8 Å². The van der Waals surface area contributed by atoms with Gasteiger partial charge in [0.15, 0.2) is 0 Å². The Morgan fingerprint density at radius 1 is 0.735 bits per heavy atom. The molecule has 4 rings (SSSR count). The van der Waals surface area contributed by atoms with Gasteiger partial charge in [-0.1, -0.05) is 0 Å². The first-order valence-corrected chi connectivity index (χ1v) is 20.3. The van der Waals surface area contributed by atoms with E-state index in [1.807, 2.05) is 0 Å². The minimum Gasteiger partial charge on any atom is -1.00 e. The van der Waals surface area contributed by atoms with Crippen LogP contribution in [0.2, 0.25) is 13.1 Å². The molecular weight excluding hydrogens is 513 g/mol. The Labute approximate surface area is 226 Å². The molecule has 0 aliphatic heterocycles. The van der Waals surface area contributed by atoms with Crippen molar-refractivity contribution in [1.29, 1.82) is 0 Å². The van der Waals surface area contributed by atoms with Gasteiger partial charge in [-0.05, 0) is 0 Å². The third-order valence-electron chi connectivity index (χ3n) is 7.51. The van der Waals surface area contributed by atoms with Crippen LogP contribution in [-0.2, 0) is 22.2 Å². The monoisotopic (exact) mass is 552 g/mol. The molecule has 0 radical (unpaired) electrons. The molecular formula is C28H40Cl2NOSiTi. The summed E-state index contributed by atoms with van der Waals surface area (Å²) in [5.41, 5.74) is 5.74. The molecule has 1 amide bonds. The maximum absolute atomic E-state index is 13.7. The average molecular weight is 553 g/mol. The van der Waals surface area contributed by atoms with Crippen molar-refractivity contribution in [3.63, 3.8) is 0 Å². The fraction of sp³-hybridized carbons (Fsp3) is 0.536. The molecule has 2 aliphatic rings. The van der Waals surface area contributed by atoms with Gasteiger partial charge in [0.1, 0.15) is 0 Å². The van der Waals surface area contributed by atoms with Gasteiger partial charge >= 0.3 is 203 Å². The summed E-state index contributed by atoms with van der Waals surface area (Å²) in [5.74, 6) is 0.636. The summed E-state index contributed by atoms with van der Waals surface area (Å²) >= 11 is -1.83. The molecule has 0 atom stereocenters. The number of hydrogen-bond acceptors (Lipinski definition) is 1. The Hall–Kier alpha value is -0.579. The summed E-state index contributed by atoms with van der Waals surface area (Å²) in [4.78, 5) is 13.7. The summed E-state index contributed by atoms with van der Waals surface area (Å²) in [6, 6.07) is 17.9. The van der Waals surface area contributed by atoms with E-state index in [1.165, 1.54) is 80.0 Å². The van der Waals surface area contributed by atoms with Crippen LogP contribution in [0.3, 0.4) is 0 Å². The van der Waals surface area contributed by atoms with Crippen molar-refractivity contribution in [1.82, 2.24) is 3.80 Å². The third-order valence-corrected chi connectivity index (χ3v) is 19.3. The molecule has 0 spiro atoms.